The molecule has 0 bridgehead atoms. The predicted molar refractivity (Wildman–Crippen MR) is 175 cm³/mol. The molecule has 0 radical (unpaired) electrons. The van der Waals surface area contributed by atoms with Gasteiger partial charge in [0.2, 0.25) is 0 Å². The number of hydrogen-bond acceptors (Lipinski definition) is 4. The van der Waals surface area contributed by atoms with E-state index in [1.165, 1.54) is 16.7 Å². The van der Waals surface area contributed by atoms with Gasteiger partial charge in [-0.25, -0.2) is 0 Å². The summed E-state index contributed by atoms with van der Waals surface area (Å²) in [7, 11) is 1.03. The Bertz CT molecular complexity index is 1510. The SMILES string of the molecule is CO[Si](C)(OC)c1ccc(N(c2ccc(C)cc2)c2ccc(N(c3ccc(C)cc3)c3ccc(C)cc3)cc2)cc1. The molecule has 0 spiro atoms. The fourth-order valence-electron chi connectivity index (χ4n) is 4.96. The Kier molecular flexibility index (Phi) is 8.40. The van der Waals surface area contributed by atoms with Crippen LogP contribution in [0.3, 0.4) is 0 Å². The van der Waals surface area contributed by atoms with Crippen molar-refractivity contribution in [3.05, 3.63) is 138 Å². The summed E-state index contributed by atoms with van der Waals surface area (Å²) in [5.41, 5.74) is 10.3. The number of nitrogens with zero attached hydrogens (tertiary/aromatic N) is 2. The zero-order valence-corrected chi connectivity index (χ0v) is 25.8. The van der Waals surface area contributed by atoms with Gasteiger partial charge >= 0.3 is 8.56 Å². The standard InChI is InChI=1S/C36H38N2O2Si/c1-27-7-13-30(14-8-27)37(31-15-9-28(2)10-16-31)33-19-21-34(22-20-33)38(32-17-11-29(3)12-18-32)35-23-25-36(26-24-35)41(6,39-4)40-5/h7-26H,1-6H3. The lowest BCUT2D eigenvalue weighted by Crippen LogP contribution is -2.49. The maximum Gasteiger partial charge on any atom is 0.368 e. The molecular formula is C36H38N2O2Si. The van der Waals surface area contributed by atoms with E-state index in [1.807, 2.05) is 0 Å². The molecule has 208 valence electrons. The summed E-state index contributed by atoms with van der Waals surface area (Å²) < 4.78 is 11.6. The normalized spacial score (nSPS) is 11.4. The van der Waals surface area contributed by atoms with Gasteiger partial charge in [-0.3, -0.25) is 0 Å². The van der Waals surface area contributed by atoms with E-state index < -0.39 is 8.56 Å². The van der Waals surface area contributed by atoms with E-state index >= 15 is 0 Å². The lowest BCUT2D eigenvalue weighted by Gasteiger charge is -2.29. The first kappa shape index (κ1) is 28.4. The highest BCUT2D eigenvalue weighted by Crippen LogP contribution is 2.39. The van der Waals surface area contributed by atoms with Crippen LogP contribution < -0.4 is 15.0 Å². The van der Waals surface area contributed by atoms with Gasteiger partial charge in [0.25, 0.3) is 0 Å². The Labute approximate surface area is 245 Å². The maximum absolute atomic E-state index is 5.78. The minimum absolute atomic E-state index is 1.07. The van der Waals surface area contributed by atoms with Crippen molar-refractivity contribution in [1.29, 1.82) is 0 Å². The van der Waals surface area contributed by atoms with Gasteiger partial charge in [-0.2, -0.15) is 0 Å². The molecule has 0 aliphatic rings. The van der Waals surface area contributed by atoms with E-state index in [0.717, 1.165) is 39.3 Å². The molecule has 0 unspecified atom stereocenters. The van der Waals surface area contributed by atoms with Crippen molar-refractivity contribution >= 4 is 47.9 Å². The largest absolute Gasteiger partial charge is 0.394 e. The van der Waals surface area contributed by atoms with Crippen molar-refractivity contribution in [1.82, 2.24) is 0 Å². The minimum atomic E-state index is -2.41. The van der Waals surface area contributed by atoms with Gasteiger partial charge in [-0.1, -0.05) is 65.2 Å². The molecule has 0 saturated carbocycles. The Morgan fingerprint density at radius 3 is 0.854 bits per heavy atom. The lowest BCUT2D eigenvalue weighted by molar-refractivity contribution is 0.265. The third kappa shape index (κ3) is 6.13. The highest BCUT2D eigenvalue weighted by atomic mass is 28.4. The summed E-state index contributed by atoms with van der Waals surface area (Å²) in [6, 6.07) is 43.4. The van der Waals surface area contributed by atoms with Crippen molar-refractivity contribution in [3.8, 4) is 0 Å². The fraction of sp³-hybridized carbons (Fsp3) is 0.167. The van der Waals surface area contributed by atoms with Gasteiger partial charge in [-0.05, 0) is 105 Å². The monoisotopic (exact) mass is 558 g/mol. The first-order valence-electron chi connectivity index (χ1n) is 13.9. The molecule has 0 aromatic heterocycles. The van der Waals surface area contributed by atoms with Crippen LogP contribution in [0.2, 0.25) is 6.55 Å². The van der Waals surface area contributed by atoms with E-state index in [1.54, 1.807) is 14.2 Å². The minimum Gasteiger partial charge on any atom is -0.394 e. The smallest absolute Gasteiger partial charge is 0.368 e. The molecule has 5 heteroatoms. The summed E-state index contributed by atoms with van der Waals surface area (Å²) >= 11 is 0. The molecule has 0 N–H and O–H groups in total. The fourth-order valence-corrected chi connectivity index (χ4v) is 6.37. The number of anilines is 6. The van der Waals surface area contributed by atoms with E-state index in [-0.39, 0.29) is 0 Å². The first-order valence-corrected chi connectivity index (χ1v) is 16.2. The van der Waals surface area contributed by atoms with Crippen LogP contribution in [0.4, 0.5) is 34.1 Å². The van der Waals surface area contributed by atoms with Crippen LogP contribution in [0.1, 0.15) is 16.7 Å². The van der Waals surface area contributed by atoms with Crippen molar-refractivity contribution < 1.29 is 8.85 Å². The molecule has 0 aliphatic carbocycles. The second-order valence-corrected chi connectivity index (χ2v) is 13.9. The maximum atomic E-state index is 5.78. The summed E-state index contributed by atoms with van der Waals surface area (Å²) in [5.74, 6) is 0. The zero-order chi connectivity index (χ0) is 29.0. The van der Waals surface area contributed by atoms with Gasteiger partial charge in [0.05, 0.1) is 0 Å². The molecule has 5 aromatic rings. The summed E-state index contributed by atoms with van der Waals surface area (Å²) in [5, 5.41) is 1.09. The van der Waals surface area contributed by atoms with Crippen LogP contribution in [-0.2, 0) is 8.85 Å². The molecule has 0 atom stereocenters. The Morgan fingerprint density at radius 1 is 0.390 bits per heavy atom. The van der Waals surface area contributed by atoms with Crippen molar-refractivity contribution in [2.75, 3.05) is 24.0 Å². The van der Waals surface area contributed by atoms with Crippen LogP contribution in [0.5, 0.6) is 0 Å². The molecule has 5 rings (SSSR count). The lowest BCUT2D eigenvalue weighted by atomic mass is 10.1. The van der Waals surface area contributed by atoms with Crippen molar-refractivity contribution in [2.45, 2.75) is 27.3 Å². The predicted octanol–water partition coefficient (Wildman–Crippen LogP) is 9.12. The van der Waals surface area contributed by atoms with Gasteiger partial charge in [0, 0.05) is 48.3 Å². The van der Waals surface area contributed by atoms with E-state index in [4.69, 9.17) is 8.85 Å². The van der Waals surface area contributed by atoms with Crippen LogP contribution >= 0.6 is 0 Å². The molecule has 0 fully saturated rings. The Morgan fingerprint density at radius 2 is 0.610 bits per heavy atom. The van der Waals surface area contributed by atoms with Crippen LogP contribution in [0.15, 0.2) is 121 Å². The second-order valence-electron chi connectivity index (χ2n) is 10.6. The van der Waals surface area contributed by atoms with Crippen molar-refractivity contribution in [2.24, 2.45) is 0 Å². The topological polar surface area (TPSA) is 24.9 Å². The number of rotatable bonds is 9. The highest BCUT2D eigenvalue weighted by molar-refractivity contribution is 6.79. The quantitative estimate of drug-likeness (QED) is 0.168. The molecule has 0 aliphatic heterocycles. The van der Waals surface area contributed by atoms with Gasteiger partial charge in [-0.15, -0.1) is 0 Å². The molecule has 0 heterocycles. The van der Waals surface area contributed by atoms with Crippen LogP contribution in [0.25, 0.3) is 0 Å². The molecule has 5 aromatic carbocycles. The summed E-state index contributed by atoms with van der Waals surface area (Å²) in [6.45, 7) is 8.41. The number of hydrogen-bond donors (Lipinski definition) is 0. The van der Waals surface area contributed by atoms with Crippen LogP contribution in [0, 0.1) is 20.8 Å². The average molecular weight is 559 g/mol. The molecule has 0 amide bonds. The molecular weight excluding hydrogens is 520 g/mol. The van der Waals surface area contributed by atoms with E-state index in [2.05, 4.69) is 158 Å². The van der Waals surface area contributed by atoms with Crippen LogP contribution in [-0.4, -0.2) is 22.8 Å². The van der Waals surface area contributed by atoms with Gasteiger partial charge in [0.1, 0.15) is 0 Å². The number of aryl methyl sites for hydroxylation is 3. The molecule has 4 nitrogen and oxygen atoms in total. The van der Waals surface area contributed by atoms with E-state index in [0.29, 0.717) is 0 Å². The molecule has 41 heavy (non-hydrogen) atoms. The first-order chi connectivity index (χ1) is 19.8. The third-order valence-electron chi connectivity index (χ3n) is 7.67. The Balaban J connectivity index is 1.56. The van der Waals surface area contributed by atoms with Crippen molar-refractivity contribution in [3.63, 3.8) is 0 Å². The highest BCUT2D eigenvalue weighted by Gasteiger charge is 2.31. The van der Waals surface area contributed by atoms with Gasteiger partial charge < -0.3 is 18.7 Å². The zero-order valence-electron chi connectivity index (χ0n) is 24.8. The average Bonchev–Trinajstić information content (AvgIpc) is 3.01. The second kappa shape index (κ2) is 12.1. The number of benzene rings is 5. The summed E-state index contributed by atoms with van der Waals surface area (Å²) in [4.78, 5) is 4.59. The molecule has 0 saturated heterocycles. The van der Waals surface area contributed by atoms with Gasteiger partial charge in [0.15, 0.2) is 0 Å². The third-order valence-corrected chi connectivity index (χ3v) is 10.6. The van der Waals surface area contributed by atoms with E-state index in [9.17, 15) is 0 Å². The Hall–Kier alpha value is -4.16. The summed E-state index contributed by atoms with van der Waals surface area (Å²) in [6.07, 6.45) is 0.